The van der Waals surface area contributed by atoms with Gasteiger partial charge in [-0.25, -0.2) is 9.79 Å². The molecule has 3 rings (SSSR count). The van der Waals surface area contributed by atoms with Gasteiger partial charge in [-0.3, -0.25) is 0 Å². The summed E-state index contributed by atoms with van der Waals surface area (Å²) in [7, 11) is 0. The van der Waals surface area contributed by atoms with Crippen molar-refractivity contribution >= 4 is 34.5 Å². The minimum absolute atomic E-state index is 0.0507. The Kier molecular flexibility index (Phi) is 5.66. The Morgan fingerprint density at radius 2 is 1.96 bits per heavy atom. The van der Waals surface area contributed by atoms with Crippen molar-refractivity contribution < 1.29 is 19.7 Å². The normalized spacial score (nSPS) is 17.0. The summed E-state index contributed by atoms with van der Waals surface area (Å²) in [6, 6.07) is 14.2. The number of carbonyl (C=O) groups excluding carboxylic acids is 1. The molecule has 0 saturated carbocycles. The van der Waals surface area contributed by atoms with Gasteiger partial charge in [0.15, 0.2) is 0 Å². The second kappa shape index (κ2) is 8.14. The first-order valence-corrected chi connectivity index (χ1v) is 9.24. The number of aliphatic hydroxyl groups excluding tert-OH is 1. The highest BCUT2D eigenvalue weighted by molar-refractivity contribution is 8.18. The molecule has 0 unspecified atom stereocenters. The second-order valence-electron chi connectivity index (χ2n) is 5.91. The zero-order chi connectivity index (χ0) is 19.4. The lowest BCUT2D eigenvalue weighted by molar-refractivity contribution is -0.138. The lowest BCUT2D eigenvalue weighted by atomic mass is 10.1. The molecule has 5 nitrogen and oxygen atoms in total. The summed E-state index contributed by atoms with van der Waals surface area (Å²) in [4.78, 5) is 17.4. The van der Waals surface area contributed by atoms with E-state index in [-0.39, 0.29) is 23.7 Å². The number of phenols is 1. The summed E-state index contributed by atoms with van der Waals surface area (Å²) in [6.45, 7) is 3.86. The summed E-state index contributed by atoms with van der Waals surface area (Å²) < 4.78 is 5.09. The Bertz CT molecular complexity index is 976. The first-order valence-electron chi connectivity index (χ1n) is 8.43. The number of ether oxygens (including phenoxy) is 1. The standard InChI is InChI=1S/C21H19NO4S/c1-3-26-21(25)18-19(24)17(12-14-7-5-9-16(23)11-14)27-20(18)22-15-8-4-6-13(2)10-15/h4-12,23-24H,3H2,1-2H3. The van der Waals surface area contributed by atoms with Crippen LogP contribution in [0.4, 0.5) is 5.69 Å². The minimum Gasteiger partial charge on any atom is -0.508 e. The highest BCUT2D eigenvalue weighted by Gasteiger charge is 2.33. The Morgan fingerprint density at radius 1 is 1.19 bits per heavy atom. The number of thioether (sulfide) groups is 1. The first kappa shape index (κ1) is 18.8. The number of carbonyl (C=O) groups is 1. The number of hydrogen-bond donors (Lipinski definition) is 2. The molecule has 1 heterocycles. The molecule has 0 saturated heterocycles. The number of esters is 1. The highest BCUT2D eigenvalue weighted by Crippen LogP contribution is 2.40. The van der Waals surface area contributed by atoms with Gasteiger partial charge < -0.3 is 14.9 Å². The Balaban J connectivity index is 2.05. The highest BCUT2D eigenvalue weighted by atomic mass is 32.2. The van der Waals surface area contributed by atoms with Gasteiger partial charge in [0.1, 0.15) is 22.1 Å². The van der Waals surface area contributed by atoms with E-state index in [1.54, 1.807) is 37.3 Å². The molecule has 27 heavy (non-hydrogen) atoms. The maximum absolute atomic E-state index is 12.4. The first-order chi connectivity index (χ1) is 13.0. The van der Waals surface area contributed by atoms with Crippen LogP contribution in [-0.2, 0) is 9.53 Å². The lowest BCUT2D eigenvalue weighted by Crippen LogP contribution is -2.12. The van der Waals surface area contributed by atoms with Crippen LogP contribution >= 0.6 is 11.8 Å². The van der Waals surface area contributed by atoms with Gasteiger partial charge >= 0.3 is 5.97 Å². The molecule has 138 valence electrons. The van der Waals surface area contributed by atoms with Crippen LogP contribution in [0.3, 0.4) is 0 Å². The average molecular weight is 381 g/mol. The Hall–Kier alpha value is -2.99. The molecule has 0 radical (unpaired) electrons. The van der Waals surface area contributed by atoms with Crippen LogP contribution in [-0.4, -0.2) is 27.8 Å². The van der Waals surface area contributed by atoms with Gasteiger partial charge in [-0.15, -0.1) is 0 Å². The average Bonchev–Trinajstić information content (AvgIpc) is 2.90. The van der Waals surface area contributed by atoms with Crippen LogP contribution in [0.15, 0.2) is 69.8 Å². The van der Waals surface area contributed by atoms with E-state index in [0.717, 1.165) is 5.56 Å². The minimum atomic E-state index is -0.617. The van der Waals surface area contributed by atoms with Crippen molar-refractivity contribution in [3.05, 3.63) is 75.9 Å². The van der Waals surface area contributed by atoms with Gasteiger partial charge in [-0.05, 0) is 55.3 Å². The molecule has 0 aliphatic carbocycles. The van der Waals surface area contributed by atoms with Crippen molar-refractivity contribution in [2.24, 2.45) is 4.99 Å². The molecule has 0 atom stereocenters. The van der Waals surface area contributed by atoms with E-state index in [2.05, 4.69) is 4.99 Å². The van der Waals surface area contributed by atoms with E-state index in [1.807, 2.05) is 31.2 Å². The van der Waals surface area contributed by atoms with Gasteiger partial charge in [0.05, 0.1) is 17.2 Å². The van der Waals surface area contributed by atoms with Crippen LogP contribution in [0.2, 0.25) is 0 Å². The number of aryl methyl sites for hydroxylation is 1. The molecular weight excluding hydrogens is 362 g/mol. The molecule has 0 fully saturated rings. The molecule has 1 aliphatic rings. The molecule has 2 aromatic rings. The van der Waals surface area contributed by atoms with Crippen LogP contribution in [0.5, 0.6) is 5.75 Å². The van der Waals surface area contributed by atoms with Crippen LogP contribution in [0.1, 0.15) is 18.1 Å². The fourth-order valence-corrected chi connectivity index (χ4v) is 3.61. The maximum Gasteiger partial charge on any atom is 0.344 e. The van der Waals surface area contributed by atoms with E-state index in [0.29, 0.717) is 21.2 Å². The van der Waals surface area contributed by atoms with Crippen LogP contribution in [0.25, 0.3) is 6.08 Å². The van der Waals surface area contributed by atoms with Crippen LogP contribution < -0.4 is 0 Å². The summed E-state index contributed by atoms with van der Waals surface area (Å²) in [5.41, 5.74) is 2.48. The zero-order valence-electron chi connectivity index (χ0n) is 15.0. The number of benzene rings is 2. The van der Waals surface area contributed by atoms with Gasteiger partial charge in [0.2, 0.25) is 0 Å². The van der Waals surface area contributed by atoms with E-state index >= 15 is 0 Å². The maximum atomic E-state index is 12.4. The monoisotopic (exact) mass is 381 g/mol. The number of phenolic OH excluding ortho intramolecular Hbond substituents is 1. The SMILES string of the molecule is CCOC(=O)C1=C(O)C(=Cc2cccc(O)c2)SC1=Nc1cccc(C)c1. The third-order valence-corrected chi connectivity index (χ3v) is 4.79. The van der Waals surface area contributed by atoms with Crippen molar-refractivity contribution in [3.63, 3.8) is 0 Å². The van der Waals surface area contributed by atoms with Crippen molar-refractivity contribution in [1.82, 2.24) is 0 Å². The quantitative estimate of drug-likeness (QED) is 0.737. The number of aromatic hydroxyl groups is 1. The van der Waals surface area contributed by atoms with E-state index in [9.17, 15) is 15.0 Å². The van der Waals surface area contributed by atoms with E-state index < -0.39 is 5.97 Å². The molecule has 1 aliphatic heterocycles. The van der Waals surface area contributed by atoms with Gasteiger partial charge in [-0.1, -0.05) is 36.0 Å². The Morgan fingerprint density at radius 3 is 2.67 bits per heavy atom. The summed E-state index contributed by atoms with van der Waals surface area (Å²) in [5, 5.41) is 20.6. The predicted molar refractivity (Wildman–Crippen MR) is 108 cm³/mol. The summed E-state index contributed by atoms with van der Waals surface area (Å²) in [5.74, 6) is -0.670. The zero-order valence-corrected chi connectivity index (χ0v) is 15.8. The number of aliphatic imine (C=N–C) groups is 1. The molecule has 0 amide bonds. The number of nitrogens with zero attached hydrogens (tertiary/aromatic N) is 1. The molecular formula is C21H19NO4S. The van der Waals surface area contributed by atoms with Crippen molar-refractivity contribution in [1.29, 1.82) is 0 Å². The third-order valence-electron chi connectivity index (χ3n) is 3.77. The summed E-state index contributed by atoms with van der Waals surface area (Å²) >= 11 is 1.19. The molecule has 2 aromatic carbocycles. The molecule has 0 spiro atoms. The molecule has 2 N–H and O–H groups in total. The topological polar surface area (TPSA) is 79.1 Å². The second-order valence-corrected chi connectivity index (χ2v) is 6.94. The third kappa shape index (κ3) is 4.41. The van der Waals surface area contributed by atoms with Gasteiger partial charge in [-0.2, -0.15) is 0 Å². The van der Waals surface area contributed by atoms with Crippen molar-refractivity contribution in [2.45, 2.75) is 13.8 Å². The molecule has 0 aromatic heterocycles. The van der Waals surface area contributed by atoms with E-state index in [1.165, 1.54) is 11.8 Å². The molecule has 0 bridgehead atoms. The largest absolute Gasteiger partial charge is 0.508 e. The van der Waals surface area contributed by atoms with E-state index in [4.69, 9.17) is 4.74 Å². The Labute approximate surface area is 161 Å². The fraction of sp³-hybridized carbons (Fsp3) is 0.143. The van der Waals surface area contributed by atoms with Crippen LogP contribution in [0, 0.1) is 6.92 Å². The molecule has 6 heteroatoms. The van der Waals surface area contributed by atoms with Crippen molar-refractivity contribution in [3.8, 4) is 5.75 Å². The lowest BCUT2D eigenvalue weighted by Gasteiger charge is -2.04. The van der Waals surface area contributed by atoms with Crippen molar-refractivity contribution in [2.75, 3.05) is 6.61 Å². The summed E-state index contributed by atoms with van der Waals surface area (Å²) in [6.07, 6.45) is 1.69. The smallest absolute Gasteiger partial charge is 0.344 e. The predicted octanol–water partition coefficient (Wildman–Crippen LogP) is 4.89. The number of hydrogen-bond acceptors (Lipinski definition) is 6. The van der Waals surface area contributed by atoms with Gasteiger partial charge in [0, 0.05) is 0 Å². The number of aliphatic hydroxyl groups is 1. The van der Waals surface area contributed by atoms with Gasteiger partial charge in [0.25, 0.3) is 0 Å². The number of rotatable bonds is 4. The fourth-order valence-electron chi connectivity index (χ4n) is 2.57.